The fraction of sp³-hybridized carbons (Fsp3) is 0.500. The average Bonchev–Trinajstić information content (AvgIpc) is 2.32. The van der Waals surface area contributed by atoms with Crippen LogP contribution in [0.2, 0.25) is 0 Å². The smallest absolute Gasteiger partial charge is 0.350 e. The summed E-state index contributed by atoms with van der Waals surface area (Å²) in [6.07, 6.45) is 0.569. The number of carbonyl (C=O) groups is 1. The van der Waals surface area contributed by atoms with E-state index in [1.165, 1.54) is 0 Å². The third kappa shape index (κ3) is 3.48. The van der Waals surface area contributed by atoms with Crippen molar-refractivity contribution in [1.29, 1.82) is 0 Å². The van der Waals surface area contributed by atoms with Gasteiger partial charge in [-0.25, -0.2) is 4.79 Å². The monoisotopic (exact) mass is 236 g/mol. The zero-order chi connectivity index (χ0) is 12.9. The highest BCUT2D eigenvalue weighted by Crippen LogP contribution is 2.23. The van der Waals surface area contributed by atoms with Gasteiger partial charge in [-0.1, -0.05) is 24.6 Å². The minimum Gasteiger partial charge on any atom is -0.476 e. The van der Waals surface area contributed by atoms with Crippen molar-refractivity contribution in [3.05, 3.63) is 29.8 Å². The molecule has 0 aromatic heterocycles. The maximum absolute atomic E-state index is 11.8. The second-order valence-corrected chi connectivity index (χ2v) is 4.22. The van der Waals surface area contributed by atoms with Crippen molar-refractivity contribution in [3.8, 4) is 5.75 Å². The summed E-state index contributed by atoms with van der Waals surface area (Å²) >= 11 is 0. The Morgan fingerprint density at radius 1 is 1.24 bits per heavy atom. The second-order valence-electron chi connectivity index (χ2n) is 4.22. The number of esters is 1. The van der Waals surface area contributed by atoms with Gasteiger partial charge in [-0.05, 0) is 39.3 Å². The highest BCUT2D eigenvalue weighted by atomic mass is 16.6. The second kappa shape index (κ2) is 5.71. The summed E-state index contributed by atoms with van der Waals surface area (Å²) in [5.41, 5.74) is 0.248. The van der Waals surface area contributed by atoms with Crippen molar-refractivity contribution in [2.45, 2.75) is 39.7 Å². The first-order valence-electron chi connectivity index (χ1n) is 5.94. The summed E-state index contributed by atoms with van der Waals surface area (Å²) in [6.45, 7) is 7.83. The lowest BCUT2D eigenvalue weighted by Crippen LogP contribution is -2.42. The van der Waals surface area contributed by atoms with Crippen LogP contribution in [-0.2, 0) is 9.53 Å². The van der Waals surface area contributed by atoms with Gasteiger partial charge in [-0.2, -0.15) is 0 Å². The highest BCUT2D eigenvalue weighted by Gasteiger charge is 2.35. The molecule has 94 valence electrons. The Balaban J connectivity index is 2.81. The van der Waals surface area contributed by atoms with E-state index in [2.05, 4.69) is 0 Å². The van der Waals surface area contributed by atoms with E-state index < -0.39 is 5.60 Å². The third-order valence-corrected chi connectivity index (χ3v) is 2.75. The van der Waals surface area contributed by atoms with E-state index in [0.717, 1.165) is 5.56 Å². The molecule has 0 spiro atoms. The molecule has 0 radical (unpaired) electrons. The van der Waals surface area contributed by atoms with Crippen LogP contribution >= 0.6 is 0 Å². The Morgan fingerprint density at radius 2 is 1.82 bits per heavy atom. The van der Waals surface area contributed by atoms with Gasteiger partial charge in [0.05, 0.1) is 6.61 Å². The molecular weight excluding hydrogens is 216 g/mol. The minimum absolute atomic E-state index is 0.317. The minimum atomic E-state index is -0.911. The van der Waals surface area contributed by atoms with Crippen molar-refractivity contribution in [2.24, 2.45) is 0 Å². The van der Waals surface area contributed by atoms with E-state index >= 15 is 0 Å². The van der Waals surface area contributed by atoms with E-state index in [1.807, 2.05) is 38.1 Å². The fourth-order valence-corrected chi connectivity index (χ4v) is 1.41. The number of carbonyl (C=O) groups excluding carboxylic acids is 1. The molecule has 0 N–H and O–H groups in total. The Labute approximate surface area is 103 Å². The maximum atomic E-state index is 11.8. The zero-order valence-corrected chi connectivity index (χ0v) is 10.9. The third-order valence-electron chi connectivity index (χ3n) is 2.75. The fourth-order valence-electron chi connectivity index (χ4n) is 1.41. The summed E-state index contributed by atoms with van der Waals surface area (Å²) in [7, 11) is 0. The molecule has 0 saturated heterocycles. The summed E-state index contributed by atoms with van der Waals surface area (Å²) in [5.74, 6) is 0.371. The predicted molar refractivity (Wildman–Crippen MR) is 67.1 cm³/mol. The number of benzene rings is 1. The molecule has 1 aromatic rings. The topological polar surface area (TPSA) is 35.5 Å². The molecule has 1 unspecified atom stereocenters. The Kier molecular flexibility index (Phi) is 4.55. The molecule has 0 aliphatic rings. The van der Waals surface area contributed by atoms with Crippen LogP contribution in [0.15, 0.2) is 24.3 Å². The van der Waals surface area contributed by atoms with Crippen LogP contribution in [0, 0.1) is 6.92 Å². The van der Waals surface area contributed by atoms with Gasteiger partial charge in [0, 0.05) is 0 Å². The summed E-state index contributed by atoms with van der Waals surface area (Å²) < 4.78 is 10.8. The van der Waals surface area contributed by atoms with Crippen LogP contribution in [0.3, 0.4) is 0 Å². The molecular formula is C14H20O3. The van der Waals surface area contributed by atoms with Crippen molar-refractivity contribution in [3.63, 3.8) is 0 Å². The van der Waals surface area contributed by atoms with Crippen LogP contribution in [0.5, 0.6) is 5.75 Å². The van der Waals surface area contributed by atoms with Gasteiger partial charge < -0.3 is 9.47 Å². The number of hydrogen-bond donors (Lipinski definition) is 0. The number of ether oxygens (including phenoxy) is 2. The standard InChI is InChI=1S/C14H20O3/c1-5-14(4,13(15)16-6-2)17-12-9-7-11(3)8-10-12/h7-10H,5-6H2,1-4H3. The van der Waals surface area contributed by atoms with Crippen molar-refractivity contribution < 1.29 is 14.3 Å². The number of aryl methyl sites for hydroxylation is 1. The lowest BCUT2D eigenvalue weighted by molar-refractivity contribution is -0.160. The lowest BCUT2D eigenvalue weighted by Gasteiger charge is -2.27. The van der Waals surface area contributed by atoms with Gasteiger partial charge in [-0.15, -0.1) is 0 Å². The summed E-state index contributed by atoms with van der Waals surface area (Å²) in [4.78, 5) is 11.8. The van der Waals surface area contributed by atoms with Gasteiger partial charge in [0.15, 0.2) is 0 Å². The van der Waals surface area contributed by atoms with Crippen LogP contribution in [0.4, 0.5) is 0 Å². The van der Waals surface area contributed by atoms with Gasteiger partial charge in [0.2, 0.25) is 5.60 Å². The molecule has 0 aliphatic heterocycles. The number of hydrogen-bond acceptors (Lipinski definition) is 3. The summed E-state index contributed by atoms with van der Waals surface area (Å²) in [5, 5.41) is 0. The molecule has 0 aliphatic carbocycles. The summed E-state index contributed by atoms with van der Waals surface area (Å²) in [6, 6.07) is 7.64. The Morgan fingerprint density at radius 3 is 2.29 bits per heavy atom. The molecule has 3 heteroatoms. The van der Waals surface area contributed by atoms with Gasteiger partial charge in [-0.3, -0.25) is 0 Å². The van der Waals surface area contributed by atoms with Crippen molar-refractivity contribution >= 4 is 5.97 Å². The largest absolute Gasteiger partial charge is 0.476 e. The molecule has 1 atom stereocenters. The van der Waals surface area contributed by atoms with Crippen LogP contribution < -0.4 is 4.74 Å². The van der Waals surface area contributed by atoms with Crippen LogP contribution in [0.1, 0.15) is 32.8 Å². The first-order valence-corrected chi connectivity index (χ1v) is 5.94. The maximum Gasteiger partial charge on any atom is 0.350 e. The van der Waals surface area contributed by atoms with Crippen LogP contribution in [0.25, 0.3) is 0 Å². The van der Waals surface area contributed by atoms with Gasteiger partial charge in [0.25, 0.3) is 0 Å². The van der Waals surface area contributed by atoms with Gasteiger partial charge >= 0.3 is 5.97 Å². The lowest BCUT2D eigenvalue weighted by atomic mass is 10.0. The average molecular weight is 236 g/mol. The number of rotatable bonds is 5. The molecule has 3 nitrogen and oxygen atoms in total. The van der Waals surface area contributed by atoms with E-state index in [0.29, 0.717) is 18.8 Å². The zero-order valence-electron chi connectivity index (χ0n) is 10.9. The van der Waals surface area contributed by atoms with Crippen molar-refractivity contribution in [1.82, 2.24) is 0 Å². The normalized spacial score (nSPS) is 13.9. The van der Waals surface area contributed by atoms with Crippen LogP contribution in [-0.4, -0.2) is 18.2 Å². The van der Waals surface area contributed by atoms with E-state index in [1.54, 1.807) is 13.8 Å². The van der Waals surface area contributed by atoms with Gasteiger partial charge in [0.1, 0.15) is 5.75 Å². The molecule has 0 saturated carbocycles. The van der Waals surface area contributed by atoms with E-state index in [9.17, 15) is 4.79 Å². The van der Waals surface area contributed by atoms with E-state index in [-0.39, 0.29) is 5.97 Å². The molecule has 0 heterocycles. The Hall–Kier alpha value is -1.51. The van der Waals surface area contributed by atoms with Crippen molar-refractivity contribution in [2.75, 3.05) is 6.61 Å². The van der Waals surface area contributed by atoms with E-state index in [4.69, 9.17) is 9.47 Å². The molecule has 1 aromatic carbocycles. The quantitative estimate of drug-likeness (QED) is 0.737. The predicted octanol–water partition coefficient (Wildman–Crippen LogP) is 3.11. The first-order chi connectivity index (χ1) is 8.01. The molecule has 0 bridgehead atoms. The molecule has 0 fully saturated rings. The Bertz CT molecular complexity index is 370. The SMILES string of the molecule is CCOC(=O)C(C)(CC)Oc1ccc(C)cc1. The molecule has 17 heavy (non-hydrogen) atoms. The highest BCUT2D eigenvalue weighted by molar-refractivity contribution is 5.79. The molecule has 1 rings (SSSR count). The molecule has 0 amide bonds. The first kappa shape index (κ1) is 13.6.